The van der Waals surface area contributed by atoms with Crippen LogP contribution in [-0.4, -0.2) is 65.2 Å². The maximum absolute atomic E-state index is 13.8. The van der Waals surface area contributed by atoms with Crippen LogP contribution in [0.4, 0.5) is 5.69 Å². The van der Waals surface area contributed by atoms with Crippen LogP contribution in [0.25, 0.3) is 0 Å². The topological polar surface area (TPSA) is 108 Å². The number of fused-ring (bicyclic) bond motifs is 1. The minimum absolute atomic E-state index is 0.0200. The lowest BCUT2D eigenvalue weighted by Gasteiger charge is -2.34. The Morgan fingerprint density at radius 1 is 1.18 bits per heavy atom. The first-order chi connectivity index (χ1) is 15.8. The van der Waals surface area contributed by atoms with Gasteiger partial charge in [0.1, 0.15) is 11.6 Å². The fourth-order valence-electron chi connectivity index (χ4n) is 6.41. The zero-order valence-corrected chi connectivity index (χ0v) is 19.9. The van der Waals surface area contributed by atoms with Crippen LogP contribution in [-0.2, 0) is 19.1 Å². The van der Waals surface area contributed by atoms with Gasteiger partial charge >= 0.3 is 0 Å². The van der Waals surface area contributed by atoms with Crippen molar-refractivity contribution in [3.8, 4) is 0 Å². The Labute approximate surface area is 195 Å². The molecule has 0 aromatic heterocycles. The highest BCUT2D eigenvalue weighted by atomic mass is 16.5. The predicted octanol–water partition coefficient (Wildman–Crippen LogP) is 1.92. The Hall–Kier alpha value is -2.45. The third-order valence-electron chi connectivity index (χ3n) is 7.99. The van der Waals surface area contributed by atoms with Crippen LogP contribution in [0.1, 0.15) is 50.2 Å². The molecule has 3 amide bonds. The third-order valence-corrected chi connectivity index (χ3v) is 7.99. The minimum Gasteiger partial charge on any atom is -0.396 e. The van der Waals surface area contributed by atoms with Gasteiger partial charge in [0.15, 0.2) is 0 Å². The molecule has 5 atom stereocenters. The molecule has 3 fully saturated rings. The number of carbonyl (C=O) groups is 3. The SMILES string of the molecule is CC[C@@]12CCC3(O1)C(C(=O)Nc1c(C)cccc1C)N(CCCCO)C(=O)[C@@H]3[C@@H]2C(=O)NC. The summed E-state index contributed by atoms with van der Waals surface area (Å²) in [5, 5.41) is 15.1. The Morgan fingerprint density at radius 2 is 1.88 bits per heavy atom. The number of aryl methyl sites for hydroxylation is 2. The number of carbonyl (C=O) groups excluding carboxylic acids is 3. The summed E-state index contributed by atoms with van der Waals surface area (Å²) in [6, 6.07) is 4.99. The van der Waals surface area contributed by atoms with Crippen molar-refractivity contribution >= 4 is 23.4 Å². The van der Waals surface area contributed by atoms with Crippen molar-refractivity contribution in [1.82, 2.24) is 10.2 Å². The Kier molecular flexibility index (Phi) is 6.26. The minimum atomic E-state index is -1.02. The molecular weight excluding hydrogens is 422 g/mol. The largest absolute Gasteiger partial charge is 0.396 e. The Bertz CT molecular complexity index is 945. The van der Waals surface area contributed by atoms with Gasteiger partial charge in [-0.15, -0.1) is 0 Å². The normalized spacial score (nSPS) is 32.2. The van der Waals surface area contributed by atoms with Crippen molar-refractivity contribution in [3.63, 3.8) is 0 Å². The fraction of sp³-hybridized carbons (Fsp3) is 0.640. The molecule has 0 radical (unpaired) electrons. The zero-order chi connectivity index (χ0) is 24.0. The molecule has 2 bridgehead atoms. The van der Waals surface area contributed by atoms with Gasteiger partial charge in [-0.25, -0.2) is 0 Å². The molecule has 2 unspecified atom stereocenters. The van der Waals surface area contributed by atoms with E-state index in [4.69, 9.17) is 4.74 Å². The van der Waals surface area contributed by atoms with E-state index in [1.165, 1.54) is 0 Å². The number of para-hydroxylation sites is 1. The summed E-state index contributed by atoms with van der Waals surface area (Å²) in [4.78, 5) is 42.2. The first-order valence-electron chi connectivity index (χ1n) is 12.0. The summed E-state index contributed by atoms with van der Waals surface area (Å²) in [6.07, 6.45) is 2.91. The average Bonchev–Trinajstić information content (AvgIpc) is 3.40. The van der Waals surface area contributed by atoms with Crippen LogP contribution in [0, 0.1) is 25.7 Å². The number of hydrogen-bond acceptors (Lipinski definition) is 5. The molecule has 3 heterocycles. The standard InChI is InChI=1S/C25H35N3O5/c1-5-24-11-12-25(33-24)18(17(24)21(30)26-4)23(32)28(13-6-7-14-29)20(25)22(31)27-19-15(2)9-8-10-16(19)3/h8-10,17-18,20,29H,5-7,11-14H2,1-4H3,(H,26,30)(H,27,31)/t17-,18+,20?,24+,25?/m1/s1. The van der Waals surface area contributed by atoms with Crippen LogP contribution in [0.15, 0.2) is 18.2 Å². The third kappa shape index (κ3) is 3.46. The molecule has 4 rings (SSSR count). The lowest BCUT2D eigenvalue weighted by atomic mass is 9.65. The average molecular weight is 458 g/mol. The summed E-state index contributed by atoms with van der Waals surface area (Å²) in [5.74, 6) is -1.99. The van der Waals surface area contributed by atoms with Crippen LogP contribution < -0.4 is 10.6 Å². The number of anilines is 1. The molecule has 3 aliphatic rings. The number of unbranched alkanes of at least 4 members (excludes halogenated alkanes) is 1. The van der Waals surface area contributed by atoms with E-state index in [1.54, 1.807) is 11.9 Å². The lowest BCUT2D eigenvalue weighted by molar-refractivity contribution is -0.145. The first-order valence-corrected chi connectivity index (χ1v) is 12.0. The number of aliphatic hydroxyl groups excluding tert-OH is 1. The van der Waals surface area contributed by atoms with Gasteiger partial charge in [0.2, 0.25) is 17.7 Å². The quantitative estimate of drug-likeness (QED) is 0.517. The molecule has 33 heavy (non-hydrogen) atoms. The first kappa shape index (κ1) is 23.7. The molecule has 0 aliphatic carbocycles. The van der Waals surface area contributed by atoms with Crippen molar-refractivity contribution in [1.29, 1.82) is 0 Å². The van der Waals surface area contributed by atoms with Gasteiger partial charge in [0.05, 0.1) is 17.4 Å². The van der Waals surface area contributed by atoms with Crippen LogP contribution >= 0.6 is 0 Å². The smallest absolute Gasteiger partial charge is 0.250 e. The van der Waals surface area contributed by atoms with E-state index in [0.717, 1.165) is 16.8 Å². The van der Waals surface area contributed by atoms with Crippen molar-refractivity contribution in [2.24, 2.45) is 11.8 Å². The van der Waals surface area contributed by atoms with Crippen molar-refractivity contribution in [3.05, 3.63) is 29.3 Å². The molecule has 3 saturated heterocycles. The number of benzene rings is 1. The van der Waals surface area contributed by atoms with Gasteiger partial charge in [-0.05, 0) is 57.1 Å². The Balaban J connectivity index is 1.75. The highest BCUT2D eigenvalue weighted by molar-refractivity contribution is 6.04. The van der Waals surface area contributed by atoms with E-state index in [1.807, 2.05) is 39.0 Å². The van der Waals surface area contributed by atoms with E-state index in [9.17, 15) is 19.5 Å². The fourth-order valence-corrected chi connectivity index (χ4v) is 6.41. The molecule has 8 nitrogen and oxygen atoms in total. The van der Waals surface area contributed by atoms with E-state index in [0.29, 0.717) is 38.6 Å². The molecular formula is C25H35N3O5. The van der Waals surface area contributed by atoms with Gasteiger partial charge in [-0.1, -0.05) is 25.1 Å². The van der Waals surface area contributed by atoms with Crippen molar-refractivity contribution in [2.75, 3.05) is 25.5 Å². The number of nitrogens with one attached hydrogen (secondary N) is 2. The molecule has 3 N–H and O–H groups in total. The van der Waals surface area contributed by atoms with Gasteiger partial charge < -0.3 is 25.4 Å². The summed E-state index contributed by atoms with van der Waals surface area (Å²) >= 11 is 0. The van der Waals surface area contributed by atoms with E-state index < -0.39 is 29.1 Å². The van der Waals surface area contributed by atoms with Crippen LogP contribution in [0.3, 0.4) is 0 Å². The molecule has 1 aromatic carbocycles. The van der Waals surface area contributed by atoms with Crippen molar-refractivity contribution < 1.29 is 24.2 Å². The molecule has 3 aliphatic heterocycles. The number of aliphatic hydroxyl groups is 1. The summed E-state index contributed by atoms with van der Waals surface area (Å²) in [5.41, 5.74) is 0.876. The van der Waals surface area contributed by atoms with E-state index in [2.05, 4.69) is 10.6 Å². The number of amides is 3. The molecule has 180 valence electrons. The maximum atomic E-state index is 13.8. The zero-order valence-electron chi connectivity index (χ0n) is 19.9. The molecule has 0 saturated carbocycles. The molecule has 1 aromatic rings. The van der Waals surface area contributed by atoms with Gasteiger partial charge in [0, 0.05) is 25.9 Å². The van der Waals surface area contributed by atoms with E-state index in [-0.39, 0.29) is 24.3 Å². The van der Waals surface area contributed by atoms with Crippen LogP contribution in [0.5, 0.6) is 0 Å². The maximum Gasteiger partial charge on any atom is 0.250 e. The predicted molar refractivity (Wildman–Crippen MR) is 123 cm³/mol. The van der Waals surface area contributed by atoms with Gasteiger partial charge in [-0.2, -0.15) is 0 Å². The van der Waals surface area contributed by atoms with Gasteiger partial charge in [0.25, 0.3) is 0 Å². The second-order valence-electron chi connectivity index (χ2n) is 9.67. The number of rotatable bonds is 8. The van der Waals surface area contributed by atoms with Crippen LogP contribution in [0.2, 0.25) is 0 Å². The van der Waals surface area contributed by atoms with E-state index >= 15 is 0 Å². The second-order valence-corrected chi connectivity index (χ2v) is 9.67. The van der Waals surface area contributed by atoms with Crippen molar-refractivity contribution in [2.45, 2.75) is 70.1 Å². The Morgan fingerprint density at radius 3 is 2.48 bits per heavy atom. The number of nitrogens with zero attached hydrogens (tertiary/aromatic N) is 1. The summed E-state index contributed by atoms with van der Waals surface area (Å²) in [7, 11) is 1.58. The number of hydrogen-bond donors (Lipinski definition) is 3. The highest BCUT2D eigenvalue weighted by Crippen LogP contribution is 2.64. The number of ether oxygens (including phenoxy) is 1. The molecule has 8 heteroatoms. The monoisotopic (exact) mass is 457 g/mol. The molecule has 1 spiro atoms. The summed E-state index contributed by atoms with van der Waals surface area (Å²) < 4.78 is 6.66. The van der Waals surface area contributed by atoms with Gasteiger partial charge in [-0.3, -0.25) is 14.4 Å². The summed E-state index contributed by atoms with van der Waals surface area (Å²) in [6.45, 7) is 6.21. The number of likely N-dealkylation sites (tertiary alicyclic amines) is 1. The highest BCUT2D eigenvalue weighted by Gasteiger charge is 2.78. The second kappa shape index (κ2) is 8.72. The lowest BCUT2D eigenvalue weighted by Crippen LogP contribution is -2.53.